The molecular weight excluding hydrogens is 335 g/mol. The Morgan fingerprint density at radius 1 is 1.50 bits per heavy atom. The van der Waals surface area contributed by atoms with Crippen molar-refractivity contribution in [3.63, 3.8) is 0 Å². The lowest BCUT2D eigenvalue weighted by Gasteiger charge is -2.24. The molecule has 1 aromatic carbocycles. The summed E-state index contributed by atoms with van der Waals surface area (Å²) < 4.78 is 21.5. The fourth-order valence-electron chi connectivity index (χ4n) is 3.30. The minimum atomic E-state index is -0.508. The molecule has 1 amide bonds. The van der Waals surface area contributed by atoms with Gasteiger partial charge in [0.25, 0.3) is 5.91 Å². The number of benzene rings is 1. The molecule has 7 heteroatoms. The fraction of sp³-hybridized carbons (Fsp3) is 0.421. The first-order valence-corrected chi connectivity index (χ1v) is 8.66. The molecule has 3 rings (SSSR count). The molecule has 1 aromatic heterocycles. The molecule has 26 heavy (non-hydrogen) atoms. The van der Waals surface area contributed by atoms with E-state index in [2.05, 4.69) is 10.4 Å². The average molecular weight is 356 g/mol. The number of nitrogens with zero attached hydrogens (tertiary/aromatic N) is 3. The largest absolute Gasteiger partial charge is 0.369 e. The molecule has 0 fully saturated rings. The minimum Gasteiger partial charge on any atom is -0.369 e. The van der Waals surface area contributed by atoms with Crippen molar-refractivity contribution in [3.05, 3.63) is 52.1 Å². The molecule has 1 aliphatic rings. The van der Waals surface area contributed by atoms with Gasteiger partial charge >= 0.3 is 0 Å². The van der Waals surface area contributed by atoms with Crippen LogP contribution < -0.4 is 5.32 Å². The molecular formula is C19H21FN4O2. The van der Waals surface area contributed by atoms with Crippen LogP contribution in [0.25, 0.3) is 0 Å². The number of aryl methyl sites for hydroxylation is 1. The number of nitrogens with one attached hydrogen (secondary N) is 1. The number of ether oxygens (including phenoxy) is 1. The topological polar surface area (TPSA) is 79.9 Å². The van der Waals surface area contributed by atoms with Gasteiger partial charge in [0.05, 0.1) is 29.5 Å². The zero-order valence-electron chi connectivity index (χ0n) is 15.0. The van der Waals surface area contributed by atoms with Crippen LogP contribution in [0, 0.1) is 17.1 Å². The Kier molecular flexibility index (Phi) is 5.05. The van der Waals surface area contributed by atoms with E-state index in [0.29, 0.717) is 24.2 Å². The van der Waals surface area contributed by atoms with Gasteiger partial charge in [-0.3, -0.25) is 9.48 Å². The van der Waals surface area contributed by atoms with Crippen molar-refractivity contribution in [2.24, 2.45) is 0 Å². The third-order valence-corrected chi connectivity index (χ3v) is 4.53. The van der Waals surface area contributed by atoms with Crippen molar-refractivity contribution in [1.29, 1.82) is 5.26 Å². The number of halogens is 1. The van der Waals surface area contributed by atoms with Crippen LogP contribution in [0.2, 0.25) is 0 Å². The summed E-state index contributed by atoms with van der Waals surface area (Å²) >= 11 is 0. The number of hydrogen-bond donors (Lipinski definition) is 1. The summed E-state index contributed by atoms with van der Waals surface area (Å²) in [5.41, 5.74) is 2.78. The zero-order valence-corrected chi connectivity index (χ0v) is 15.0. The van der Waals surface area contributed by atoms with E-state index in [4.69, 9.17) is 10.00 Å². The van der Waals surface area contributed by atoms with Crippen LogP contribution in [0.15, 0.2) is 18.2 Å². The van der Waals surface area contributed by atoms with Crippen LogP contribution in [0.1, 0.15) is 59.7 Å². The molecule has 0 aliphatic carbocycles. The molecule has 1 aliphatic heterocycles. The van der Waals surface area contributed by atoms with Gasteiger partial charge in [-0.25, -0.2) is 4.39 Å². The Morgan fingerprint density at radius 2 is 2.27 bits per heavy atom. The first kappa shape index (κ1) is 18.1. The van der Waals surface area contributed by atoms with Crippen LogP contribution >= 0.6 is 0 Å². The molecule has 2 aromatic rings. The number of nitriles is 1. The van der Waals surface area contributed by atoms with E-state index >= 15 is 0 Å². The number of fused-ring (bicyclic) bond motifs is 1. The molecule has 0 unspecified atom stereocenters. The maximum absolute atomic E-state index is 14.0. The Bertz CT molecular complexity index is 884. The fourth-order valence-corrected chi connectivity index (χ4v) is 3.30. The van der Waals surface area contributed by atoms with Crippen molar-refractivity contribution >= 4 is 5.91 Å². The van der Waals surface area contributed by atoms with E-state index in [1.54, 1.807) is 4.68 Å². The monoisotopic (exact) mass is 356 g/mol. The van der Waals surface area contributed by atoms with Crippen LogP contribution in [0.3, 0.4) is 0 Å². The molecule has 1 N–H and O–H groups in total. The molecule has 0 spiro atoms. The van der Waals surface area contributed by atoms with Crippen molar-refractivity contribution in [2.45, 2.75) is 52.5 Å². The SMILES string of the molecule is CCn1nc2c(c1C(=O)NCc1ccc(C#N)cc1F)C[C@H](C)O[C@@H]2C. The molecule has 0 bridgehead atoms. The molecule has 2 heterocycles. The van der Waals surface area contributed by atoms with Crippen molar-refractivity contribution in [1.82, 2.24) is 15.1 Å². The number of aromatic nitrogens is 2. The van der Waals surface area contributed by atoms with E-state index in [-0.39, 0.29) is 30.2 Å². The molecule has 0 saturated carbocycles. The van der Waals surface area contributed by atoms with Gasteiger partial charge in [0.15, 0.2) is 0 Å². The van der Waals surface area contributed by atoms with E-state index in [1.807, 2.05) is 26.8 Å². The van der Waals surface area contributed by atoms with Gasteiger partial charge in [0.2, 0.25) is 0 Å². The third-order valence-electron chi connectivity index (χ3n) is 4.53. The Labute approximate surface area is 151 Å². The van der Waals surface area contributed by atoms with Crippen LogP contribution in [-0.4, -0.2) is 21.8 Å². The lowest BCUT2D eigenvalue weighted by atomic mass is 9.99. The highest BCUT2D eigenvalue weighted by Gasteiger charge is 2.31. The van der Waals surface area contributed by atoms with E-state index in [1.165, 1.54) is 18.2 Å². The lowest BCUT2D eigenvalue weighted by Crippen LogP contribution is -2.29. The normalized spacial score (nSPS) is 18.9. The highest BCUT2D eigenvalue weighted by molar-refractivity contribution is 5.94. The number of amides is 1. The summed E-state index contributed by atoms with van der Waals surface area (Å²) in [6, 6.07) is 6.10. The number of hydrogen-bond acceptors (Lipinski definition) is 4. The summed E-state index contributed by atoms with van der Waals surface area (Å²) in [5, 5.41) is 16.1. The molecule has 2 atom stereocenters. The summed E-state index contributed by atoms with van der Waals surface area (Å²) in [7, 11) is 0. The maximum atomic E-state index is 14.0. The minimum absolute atomic E-state index is 0.00882. The second-order valence-electron chi connectivity index (χ2n) is 6.42. The van der Waals surface area contributed by atoms with Crippen LogP contribution in [0.4, 0.5) is 4.39 Å². The van der Waals surface area contributed by atoms with Gasteiger partial charge in [-0.2, -0.15) is 10.4 Å². The van der Waals surface area contributed by atoms with Crippen molar-refractivity contribution in [3.8, 4) is 6.07 Å². The Balaban J connectivity index is 1.83. The molecule has 0 radical (unpaired) electrons. The van der Waals surface area contributed by atoms with Gasteiger partial charge in [0, 0.05) is 30.6 Å². The molecule has 136 valence electrons. The molecule has 0 saturated heterocycles. The van der Waals surface area contributed by atoms with Crippen LogP contribution in [0.5, 0.6) is 0 Å². The maximum Gasteiger partial charge on any atom is 0.270 e. The number of rotatable bonds is 4. The van der Waals surface area contributed by atoms with Gasteiger partial charge in [0.1, 0.15) is 11.5 Å². The van der Waals surface area contributed by atoms with Crippen LogP contribution in [-0.2, 0) is 24.2 Å². The Hall–Kier alpha value is -2.72. The lowest BCUT2D eigenvalue weighted by molar-refractivity contribution is -0.00712. The predicted octanol–water partition coefficient (Wildman–Crippen LogP) is 2.87. The second kappa shape index (κ2) is 7.26. The predicted molar refractivity (Wildman–Crippen MR) is 92.9 cm³/mol. The van der Waals surface area contributed by atoms with Gasteiger partial charge in [-0.15, -0.1) is 0 Å². The van der Waals surface area contributed by atoms with E-state index in [0.717, 1.165) is 11.3 Å². The average Bonchev–Trinajstić information content (AvgIpc) is 2.99. The standard InChI is InChI=1S/C19H21FN4O2/c1-4-24-18(15-7-11(2)26-12(3)17(15)23-24)19(25)22-10-14-6-5-13(9-21)8-16(14)20/h5-6,8,11-12H,4,7,10H2,1-3H3,(H,22,25)/t11-,12+/m0/s1. The summed E-state index contributed by atoms with van der Waals surface area (Å²) in [6.07, 6.45) is 0.465. The smallest absolute Gasteiger partial charge is 0.270 e. The summed E-state index contributed by atoms with van der Waals surface area (Å²) in [4.78, 5) is 12.8. The third kappa shape index (κ3) is 3.33. The number of carbonyl (C=O) groups is 1. The van der Waals surface area contributed by atoms with Gasteiger partial charge in [-0.05, 0) is 32.9 Å². The number of carbonyl (C=O) groups excluding carboxylic acids is 1. The van der Waals surface area contributed by atoms with Crippen molar-refractivity contribution in [2.75, 3.05) is 0 Å². The molecule has 6 nitrogen and oxygen atoms in total. The van der Waals surface area contributed by atoms with Gasteiger partial charge < -0.3 is 10.1 Å². The Morgan fingerprint density at radius 3 is 2.92 bits per heavy atom. The summed E-state index contributed by atoms with van der Waals surface area (Å²) in [5.74, 6) is -0.795. The highest BCUT2D eigenvalue weighted by atomic mass is 19.1. The second-order valence-corrected chi connectivity index (χ2v) is 6.42. The van der Waals surface area contributed by atoms with E-state index in [9.17, 15) is 9.18 Å². The zero-order chi connectivity index (χ0) is 18.8. The highest BCUT2D eigenvalue weighted by Crippen LogP contribution is 2.31. The summed E-state index contributed by atoms with van der Waals surface area (Å²) in [6.45, 7) is 6.42. The van der Waals surface area contributed by atoms with E-state index < -0.39 is 5.82 Å². The first-order valence-electron chi connectivity index (χ1n) is 8.66. The van der Waals surface area contributed by atoms with Crippen molar-refractivity contribution < 1.29 is 13.9 Å². The van der Waals surface area contributed by atoms with Gasteiger partial charge in [-0.1, -0.05) is 6.07 Å². The quantitative estimate of drug-likeness (QED) is 0.913. The first-order chi connectivity index (χ1) is 12.4.